The van der Waals surface area contributed by atoms with Crippen LogP contribution in [-0.2, 0) is 9.47 Å². The Balaban J connectivity index is 2.71. The largest absolute Gasteiger partial charge is 0.491 e. The van der Waals surface area contributed by atoms with E-state index in [1.54, 1.807) is 7.11 Å². The lowest BCUT2D eigenvalue weighted by molar-refractivity contribution is 0.110. The standard InChI is InChI=1S/C16H27NO3/c1-4-10-19-13-15(17-5-2)14-8-6-7-9-16(14)20-12-11-18-3/h6-9,15,17H,4-5,10-13H2,1-3H3. The van der Waals surface area contributed by atoms with E-state index in [0.29, 0.717) is 19.8 Å². The van der Waals surface area contributed by atoms with Crippen LogP contribution in [0.2, 0.25) is 0 Å². The summed E-state index contributed by atoms with van der Waals surface area (Å²) < 4.78 is 16.5. The summed E-state index contributed by atoms with van der Waals surface area (Å²) in [6.07, 6.45) is 1.03. The van der Waals surface area contributed by atoms with Gasteiger partial charge in [0, 0.05) is 19.3 Å². The van der Waals surface area contributed by atoms with Crippen LogP contribution in [0.1, 0.15) is 31.9 Å². The molecular formula is C16H27NO3. The fraction of sp³-hybridized carbons (Fsp3) is 0.625. The van der Waals surface area contributed by atoms with Crippen LogP contribution in [0.25, 0.3) is 0 Å². The first-order valence-electron chi connectivity index (χ1n) is 7.35. The van der Waals surface area contributed by atoms with Gasteiger partial charge in [0.1, 0.15) is 12.4 Å². The smallest absolute Gasteiger partial charge is 0.124 e. The highest BCUT2D eigenvalue weighted by Gasteiger charge is 2.15. The van der Waals surface area contributed by atoms with Gasteiger partial charge < -0.3 is 19.5 Å². The molecule has 0 aliphatic carbocycles. The van der Waals surface area contributed by atoms with Gasteiger partial charge in [0.2, 0.25) is 0 Å². The molecule has 0 aliphatic heterocycles. The van der Waals surface area contributed by atoms with Gasteiger partial charge in [-0.3, -0.25) is 0 Å². The zero-order valence-corrected chi connectivity index (χ0v) is 12.9. The van der Waals surface area contributed by atoms with Crippen molar-refractivity contribution in [1.29, 1.82) is 0 Å². The highest BCUT2D eigenvalue weighted by atomic mass is 16.5. The van der Waals surface area contributed by atoms with Crippen molar-refractivity contribution >= 4 is 0 Å². The molecule has 1 N–H and O–H groups in total. The molecule has 20 heavy (non-hydrogen) atoms. The van der Waals surface area contributed by atoms with E-state index in [4.69, 9.17) is 14.2 Å². The van der Waals surface area contributed by atoms with Crippen LogP contribution in [0.3, 0.4) is 0 Å². The Hall–Kier alpha value is -1.10. The second kappa shape index (κ2) is 10.7. The van der Waals surface area contributed by atoms with Gasteiger partial charge in [0.25, 0.3) is 0 Å². The molecule has 0 bridgehead atoms. The van der Waals surface area contributed by atoms with E-state index < -0.39 is 0 Å². The number of benzene rings is 1. The molecule has 0 radical (unpaired) electrons. The van der Waals surface area contributed by atoms with Crippen LogP contribution >= 0.6 is 0 Å². The van der Waals surface area contributed by atoms with Gasteiger partial charge in [-0.25, -0.2) is 0 Å². The van der Waals surface area contributed by atoms with E-state index in [-0.39, 0.29) is 6.04 Å². The maximum absolute atomic E-state index is 5.79. The normalized spacial score (nSPS) is 12.3. The van der Waals surface area contributed by atoms with Crippen molar-refractivity contribution in [3.8, 4) is 5.75 Å². The minimum absolute atomic E-state index is 0.158. The summed E-state index contributed by atoms with van der Waals surface area (Å²) in [7, 11) is 1.68. The molecule has 4 heteroatoms. The highest BCUT2D eigenvalue weighted by molar-refractivity contribution is 5.36. The predicted molar refractivity (Wildman–Crippen MR) is 81.3 cm³/mol. The van der Waals surface area contributed by atoms with Gasteiger partial charge in [0.05, 0.1) is 19.3 Å². The van der Waals surface area contributed by atoms with E-state index in [1.807, 2.05) is 18.2 Å². The Morgan fingerprint density at radius 3 is 2.60 bits per heavy atom. The van der Waals surface area contributed by atoms with Gasteiger partial charge in [0.15, 0.2) is 0 Å². The van der Waals surface area contributed by atoms with E-state index in [0.717, 1.165) is 30.9 Å². The van der Waals surface area contributed by atoms with E-state index in [9.17, 15) is 0 Å². The van der Waals surface area contributed by atoms with Crippen molar-refractivity contribution in [1.82, 2.24) is 5.32 Å². The van der Waals surface area contributed by atoms with Crippen molar-refractivity contribution in [2.45, 2.75) is 26.3 Å². The van der Waals surface area contributed by atoms with E-state index >= 15 is 0 Å². The lowest BCUT2D eigenvalue weighted by Crippen LogP contribution is -2.26. The molecule has 0 aliphatic rings. The first-order valence-corrected chi connectivity index (χ1v) is 7.35. The average Bonchev–Trinajstić information content (AvgIpc) is 2.47. The van der Waals surface area contributed by atoms with Crippen LogP contribution < -0.4 is 10.1 Å². The number of para-hydroxylation sites is 1. The molecule has 1 aromatic carbocycles. The van der Waals surface area contributed by atoms with Crippen LogP contribution in [0.5, 0.6) is 5.75 Å². The van der Waals surface area contributed by atoms with Gasteiger partial charge >= 0.3 is 0 Å². The molecule has 1 atom stereocenters. The maximum atomic E-state index is 5.79. The predicted octanol–water partition coefficient (Wildman–Crippen LogP) is 2.79. The number of rotatable bonds is 11. The van der Waals surface area contributed by atoms with Gasteiger partial charge in [-0.15, -0.1) is 0 Å². The van der Waals surface area contributed by atoms with Crippen LogP contribution in [-0.4, -0.2) is 40.1 Å². The first-order chi connectivity index (χ1) is 9.83. The Bertz CT molecular complexity index is 357. The molecule has 0 heterocycles. The lowest BCUT2D eigenvalue weighted by atomic mass is 10.1. The number of ether oxygens (including phenoxy) is 3. The number of nitrogens with one attached hydrogen (secondary N) is 1. The number of methoxy groups -OCH3 is 1. The molecule has 1 rings (SSSR count). The highest BCUT2D eigenvalue weighted by Crippen LogP contribution is 2.25. The van der Waals surface area contributed by atoms with Crippen LogP contribution in [0.4, 0.5) is 0 Å². The van der Waals surface area contributed by atoms with Gasteiger partial charge in [-0.2, -0.15) is 0 Å². The molecule has 1 aromatic rings. The summed E-state index contributed by atoms with van der Waals surface area (Å²) in [6, 6.07) is 8.26. The van der Waals surface area contributed by atoms with Crippen LogP contribution in [0, 0.1) is 0 Å². The summed E-state index contributed by atoms with van der Waals surface area (Å²) in [5.74, 6) is 0.899. The van der Waals surface area contributed by atoms with E-state index in [2.05, 4.69) is 25.2 Å². The Morgan fingerprint density at radius 2 is 1.90 bits per heavy atom. The molecule has 0 amide bonds. The summed E-state index contributed by atoms with van der Waals surface area (Å²) in [5, 5.41) is 3.45. The average molecular weight is 281 g/mol. The Labute approximate surface area is 122 Å². The summed E-state index contributed by atoms with van der Waals surface area (Å²) >= 11 is 0. The monoisotopic (exact) mass is 281 g/mol. The molecule has 0 spiro atoms. The summed E-state index contributed by atoms with van der Waals surface area (Å²) in [6.45, 7) is 7.70. The van der Waals surface area contributed by atoms with Crippen molar-refractivity contribution < 1.29 is 14.2 Å². The fourth-order valence-corrected chi connectivity index (χ4v) is 1.99. The van der Waals surface area contributed by atoms with Crippen molar-refractivity contribution in [3.05, 3.63) is 29.8 Å². The Morgan fingerprint density at radius 1 is 1.10 bits per heavy atom. The van der Waals surface area contributed by atoms with Crippen LogP contribution in [0.15, 0.2) is 24.3 Å². The van der Waals surface area contributed by atoms with Gasteiger partial charge in [-0.1, -0.05) is 32.0 Å². The second-order valence-corrected chi connectivity index (χ2v) is 4.56. The van der Waals surface area contributed by atoms with Crippen molar-refractivity contribution in [2.24, 2.45) is 0 Å². The molecule has 4 nitrogen and oxygen atoms in total. The fourth-order valence-electron chi connectivity index (χ4n) is 1.99. The minimum atomic E-state index is 0.158. The molecule has 0 saturated heterocycles. The molecule has 1 unspecified atom stereocenters. The lowest BCUT2D eigenvalue weighted by Gasteiger charge is -2.21. The third-order valence-corrected chi connectivity index (χ3v) is 2.92. The van der Waals surface area contributed by atoms with Gasteiger partial charge in [-0.05, 0) is 19.0 Å². The number of hydrogen-bond donors (Lipinski definition) is 1. The molecule has 0 aromatic heterocycles. The second-order valence-electron chi connectivity index (χ2n) is 4.56. The zero-order chi connectivity index (χ0) is 14.6. The molecule has 0 fully saturated rings. The topological polar surface area (TPSA) is 39.7 Å². The Kier molecular flexibility index (Phi) is 9.04. The summed E-state index contributed by atoms with van der Waals surface area (Å²) in [5.41, 5.74) is 1.14. The van der Waals surface area contributed by atoms with Crippen molar-refractivity contribution in [3.63, 3.8) is 0 Å². The zero-order valence-electron chi connectivity index (χ0n) is 12.9. The molecule has 114 valence electrons. The molecule has 0 saturated carbocycles. The third-order valence-electron chi connectivity index (χ3n) is 2.92. The quantitative estimate of drug-likeness (QED) is 0.633. The van der Waals surface area contributed by atoms with Crippen molar-refractivity contribution in [2.75, 3.05) is 40.1 Å². The first kappa shape index (κ1) is 17.0. The number of hydrogen-bond acceptors (Lipinski definition) is 4. The SMILES string of the molecule is CCCOCC(NCC)c1ccccc1OCCOC. The molecular weight excluding hydrogens is 254 g/mol. The minimum Gasteiger partial charge on any atom is -0.491 e. The number of likely N-dealkylation sites (N-methyl/N-ethyl adjacent to an activating group) is 1. The van der Waals surface area contributed by atoms with E-state index in [1.165, 1.54) is 0 Å². The maximum Gasteiger partial charge on any atom is 0.124 e. The third kappa shape index (κ3) is 5.90. The summed E-state index contributed by atoms with van der Waals surface area (Å²) in [4.78, 5) is 0.